The summed E-state index contributed by atoms with van der Waals surface area (Å²) in [4.78, 5) is 22.4. The lowest BCUT2D eigenvalue weighted by Gasteiger charge is -2.24. The van der Waals surface area contributed by atoms with E-state index in [1.54, 1.807) is 19.1 Å². The lowest BCUT2D eigenvalue weighted by Crippen LogP contribution is -2.39. The molecule has 6 heteroatoms. The van der Waals surface area contributed by atoms with Crippen LogP contribution in [0.2, 0.25) is 0 Å². The van der Waals surface area contributed by atoms with E-state index in [9.17, 15) is 20.0 Å². The summed E-state index contributed by atoms with van der Waals surface area (Å²) < 4.78 is 0. The summed E-state index contributed by atoms with van der Waals surface area (Å²) in [6.45, 7) is 1.71. The van der Waals surface area contributed by atoms with Gasteiger partial charge in [-0.05, 0) is 29.2 Å². The van der Waals surface area contributed by atoms with Crippen molar-refractivity contribution in [3.8, 4) is 11.1 Å². The van der Waals surface area contributed by atoms with Gasteiger partial charge in [0.15, 0.2) is 0 Å². The fourth-order valence-electron chi connectivity index (χ4n) is 3.01. The summed E-state index contributed by atoms with van der Waals surface area (Å²) >= 11 is 0. The van der Waals surface area contributed by atoms with Gasteiger partial charge in [-0.3, -0.25) is 14.9 Å². The van der Waals surface area contributed by atoms with Crippen LogP contribution in [0.25, 0.3) is 11.1 Å². The molecule has 0 radical (unpaired) electrons. The second-order valence-electron chi connectivity index (χ2n) is 7.09. The molecule has 1 amide bonds. The predicted octanol–water partition coefficient (Wildman–Crippen LogP) is 3.83. The molecule has 0 saturated heterocycles. The van der Waals surface area contributed by atoms with E-state index in [1.165, 1.54) is 12.1 Å². The molecule has 0 bridgehead atoms. The number of non-ortho nitro benzene ring substituents is 1. The fourth-order valence-corrected chi connectivity index (χ4v) is 3.01. The topological polar surface area (TPSA) is 92.5 Å². The zero-order valence-electron chi connectivity index (χ0n) is 16.0. The summed E-state index contributed by atoms with van der Waals surface area (Å²) in [5, 5.41) is 24.2. The normalized spacial score (nSPS) is 12.8. The quantitative estimate of drug-likeness (QED) is 0.474. The van der Waals surface area contributed by atoms with E-state index < -0.39 is 10.5 Å². The van der Waals surface area contributed by atoms with Gasteiger partial charge >= 0.3 is 0 Å². The van der Waals surface area contributed by atoms with E-state index in [1.807, 2.05) is 54.6 Å². The first kappa shape index (κ1) is 20.2. The Balaban J connectivity index is 1.58. The molecule has 29 heavy (non-hydrogen) atoms. The van der Waals surface area contributed by atoms with Crippen molar-refractivity contribution in [3.63, 3.8) is 0 Å². The van der Waals surface area contributed by atoms with E-state index in [4.69, 9.17) is 0 Å². The van der Waals surface area contributed by atoms with Crippen LogP contribution in [0.4, 0.5) is 5.69 Å². The Morgan fingerprint density at radius 2 is 1.55 bits per heavy atom. The highest BCUT2D eigenvalue weighted by atomic mass is 16.6. The van der Waals surface area contributed by atoms with Crippen molar-refractivity contribution in [2.24, 2.45) is 0 Å². The van der Waals surface area contributed by atoms with Gasteiger partial charge in [-0.15, -0.1) is 0 Å². The standard InChI is InChI=1S/C23H22N2O4/c1-23(27,20-11-9-19(10-12-20)18-5-3-2-4-6-18)16-24-22(26)15-17-7-13-21(14-8-17)25(28)29/h2-14,27H,15-16H2,1H3,(H,24,26). The van der Waals surface area contributed by atoms with Crippen LogP contribution in [0.1, 0.15) is 18.1 Å². The molecule has 0 aliphatic carbocycles. The Labute approximate surface area is 169 Å². The van der Waals surface area contributed by atoms with Gasteiger partial charge in [0, 0.05) is 12.1 Å². The molecule has 0 spiro atoms. The van der Waals surface area contributed by atoms with Crippen molar-refractivity contribution in [1.29, 1.82) is 0 Å². The molecule has 6 nitrogen and oxygen atoms in total. The van der Waals surface area contributed by atoms with Crippen molar-refractivity contribution in [1.82, 2.24) is 5.32 Å². The highest BCUT2D eigenvalue weighted by Gasteiger charge is 2.24. The highest BCUT2D eigenvalue weighted by molar-refractivity contribution is 5.78. The molecule has 3 aromatic rings. The molecule has 0 heterocycles. The number of benzene rings is 3. The smallest absolute Gasteiger partial charge is 0.269 e. The summed E-state index contributed by atoms with van der Waals surface area (Å²) in [6, 6.07) is 23.4. The van der Waals surface area contributed by atoms with Crippen LogP contribution >= 0.6 is 0 Å². The molecule has 0 aliphatic heterocycles. The second-order valence-corrected chi connectivity index (χ2v) is 7.09. The summed E-state index contributed by atoms with van der Waals surface area (Å²) in [7, 11) is 0. The van der Waals surface area contributed by atoms with Gasteiger partial charge in [0.25, 0.3) is 5.69 Å². The number of carbonyl (C=O) groups excluding carboxylic acids is 1. The molecule has 0 aliphatic rings. The molecule has 0 fully saturated rings. The van der Waals surface area contributed by atoms with E-state index in [0.29, 0.717) is 11.1 Å². The van der Waals surface area contributed by atoms with E-state index in [0.717, 1.165) is 11.1 Å². The van der Waals surface area contributed by atoms with Crippen LogP contribution in [-0.4, -0.2) is 22.5 Å². The third-order valence-electron chi connectivity index (χ3n) is 4.76. The van der Waals surface area contributed by atoms with Crippen molar-refractivity contribution >= 4 is 11.6 Å². The largest absolute Gasteiger partial charge is 0.384 e. The number of nitro groups is 1. The maximum Gasteiger partial charge on any atom is 0.269 e. The van der Waals surface area contributed by atoms with Crippen LogP contribution in [0.3, 0.4) is 0 Å². The maximum atomic E-state index is 12.2. The van der Waals surface area contributed by atoms with Gasteiger partial charge in [0.2, 0.25) is 5.91 Å². The Hall–Kier alpha value is -3.51. The van der Waals surface area contributed by atoms with Gasteiger partial charge in [-0.2, -0.15) is 0 Å². The lowest BCUT2D eigenvalue weighted by molar-refractivity contribution is -0.384. The lowest BCUT2D eigenvalue weighted by atomic mass is 9.93. The molecular weight excluding hydrogens is 368 g/mol. The van der Waals surface area contributed by atoms with Gasteiger partial charge in [0.1, 0.15) is 5.60 Å². The minimum absolute atomic E-state index is 0.0176. The Morgan fingerprint density at radius 1 is 0.966 bits per heavy atom. The number of amides is 1. The average Bonchev–Trinajstić information content (AvgIpc) is 2.73. The first-order chi connectivity index (χ1) is 13.8. The summed E-state index contributed by atoms with van der Waals surface area (Å²) in [5.41, 5.74) is 2.27. The summed E-state index contributed by atoms with van der Waals surface area (Å²) in [6.07, 6.45) is 0.0843. The van der Waals surface area contributed by atoms with Crippen LogP contribution in [-0.2, 0) is 16.8 Å². The third kappa shape index (κ3) is 5.27. The molecule has 2 N–H and O–H groups in total. The molecule has 3 aromatic carbocycles. The van der Waals surface area contributed by atoms with E-state index in [-0.39, 0.29) is 24.6 Å². The minimum atomic E-state index is -1.22. The number of carbonyl (C=O) groups is 1. The minimum Gasteiger partial charge on any atom is -0.384 e. The first-order valence-corrected chi connectivity index (χ1v) is 9.23. The number of hydrogen-bond donors (Lipinski definition) is 2. The number of hydrogen-bond acceptors (Lipinski definition) is 4. The second kappa shape index (κ2) is 8.67. The van der Waals surface area contributed by atoms with E-state index >= 15 is 0 Å². The zero-order valence-corrected chi connectivity index (χ0v) is 16.0. The number of aliphatic hydroxyl groups is 1. The molecule has 1 atom stereocenters. The molecule has 1 unspecified atom stereocenters. The van der Waals surface area contributed by atoms with Crippen LogP contribution in [0.15, 0.2) is 78.9 Å². The fraction of sp³-hybridized carbons (Fsp3) is 0.174. The number of nitrogens with zero attached hydrogens (tertiary/aromatic N) is 1. The molecule has 0 aromatic heterocycles. The van der Waals surface area contributed by atoms with Gasteiger partial charge in [-0.1, -0.05) is 66.7 Å². The van der Waals surface area contributed by atoms with Crippen molar-refractivity contribution in [2.75, 3.05) is 6.54 Å². The number of nitro benzene ring substituents is 1. The maximum absolute atomic E-state index is 12.2. The van der Waals surface area contributed by atoms with Gasteiger partial charge < -0.3 is 10.4 Å². The first-order valence-electron chi connectivity index (χ1n) is 9.23. The number of rotatable bonds is 7. The highest BCUT2D eigenvalue weighted by Crippen LogP contribution is 2.25. The third-order valence-corrected chi connectivity index (χ3v) is 4.76. The van der Waals surface area contributed by atoms with E-state index in [2.05, 4.69) is 5.32 Å². The SMILES string of the molecule is CC(O)(CNC(=O)Cc1ccc([N+](=O)[O-])cc1)c1ccc(-c2ccccc2)cc1. The molecular formula is C23H22N2O4. The van der Waals surface area contributed by atoms with Crippen molar-refractivity contribution < 1.29 is 14.8 Å². The predicted molar refractivity (Wildman–Crippen MR) is 111 cm³/mol. The molecule has 0 saturated carbocycles. The molecule has 3 rings (SSSR count). The van der Waals surface area contributed by atoms with Crippen LogP contribution < -0.4 is 5.32 Å². The van der Waals surface area contributed by atoms with Crippen molar-refractivity contribution in [2.45, 2.75) is 18.9 Å². The van der Waals surface area contributed by atoms with Crippen LogP contribution in [0.5, 0.6) is 0 Å². The monoisotopic (exact) mass is 390 g/mol. The molecule has 148 valence electrons. The Kier molecular flexibility index (Phi) is 6.04. The number of nitrogens with one attached hydrogen (secondary N) is 1. The Morgan fingerprint density at radius 3 is 2.14 bits per heavy atom. The Bertz CT molecular complexity index is 982. The summed E-state index contributed by atoms with van der Waals surface area (Å²) in [5.74, 6) is -0.264. The average molecular weight is 390 g/mol. The van der Waals surface area contributed by atoms with Crippen LogP contribution in [0, 0.1) is 10.1 Å². The van der Waals surface area contributed by atoms with Crippen molar-refractivity contribution in [3.05, 3.63) is 100 Å². The van der Waals surface area contributed by atoms with Gasteiger partial charge in [0.05, 0.1) is 17.9 Å². The zero-order chi connectivity index (χ0) is 20.9. The van der Waals surface area contributed by atoms with Gasteiger partial charge in [-0.25, -0.2) is 0 Å².